The highest BCUT2D eigenvalue weighted by Crippen LogP contribution is 2.18. The van der Waals surface area contributed by atoms with Gasteiger partial charge in [0.05, 0.1) is 0 Å². The number of hydrogen-bond acceptors (Lipinski definition) is 2. The molecule has 6 heteroatoms. The Morgan fingerprint density at radius 2 is 1.62 bits per heavy atom. The molecule has 2 aromatic rings. The first kappa shape index (κ1) is 17.9. The fourth-order valence-electron chi connectivity index (χ4n) is 3.07. The van der Waals surface area contributed by atoms with E-state index >= 15 is 0 Å². The molecule has 0 radical (unpaired) electrons. The predicted molar refractivity (Wildman–Crippen MR) is 96.7 cm³/mol. The van der Waals surface area contributed by atoms with Crippen LogP contribution in [0.3, 0.4) is 0 Å². The molecule has 1 atom stereocenters. The van der Waals surface area contributed by atoms with E-state index in [1.165, 1.54) is 12.1 Å². The van der Waals surface area contributed by atoms with Gasteiger partial charge in [-0.15, -0.1) is 0 Å². The Morgan fingerprint density at radius 3 is 2.35 bits per heavy atom. The van der Waals surface area contributed by atoms with Crippen LogP contribution in [0, 0.1) is 5.82 Å². The highest BCUT2D eigenvalue weighted by molar-refractivity contribution is 5.87. The summed E-state index contributed by atoms with van der Waals surface area (Å²) in [4.78, 5) is 26.5. The van der Waals surface area contributed by atoms with Gasteiger partial charge in [0.2, 0.25) is 5.91 Å². The molecule has 3 rings (SSSR count). The molecule has 0 bridgehead atoms. The molecule has 1 fully saturated rings. The number of urea groups is 1. The van der Waals surface area contributed by atoms with Crippen molar-refractivity contribution in [3.8, 4) is 0 Å². The SMILES string of the molecule is O=C(NCc1ccc(F)cc1)[C@H]1CCCN1C(=O)NCc1ccccc1. The second-order valence-electron chi connectivity index (χ2n) is 6.34. The molecule has 1 saturated heterocycles. The molecule has 3 amide bonds. The van der Waals surface area contributed by atoms with E-state index < -0.39 is 6.04 Å². The van der Waals surface area contributed by atoms with Gasteiger partial charge in [-0.3, -0.25) is 4.79 Å². The molecule has 0 spiro atoms. The first-order valence-electron chi connectivity index (χ1n) is 8.74. The lowest BCUT2D eigenvalue weighted by Gasteiger charge is -2.24. The molecule has 5 nitrogen and oxygen atoms in total. The van der Waals surface area contributed by atoms with Gasteiger partial charge in [-0.1, -0.05) is 42.5 Å². The van der Waals surface area contributed by atoms with Crippen LogP contribution in [0.2, 0.25) is 0 Å². The molecule has 0 aliphatic carbocycles. The minimum Gasteiger partial charge on any atom is -0.350 e. The zero-order valence-electron chi connectivity index (χ0n) is 14.5. The maximum Gasteiger partial charge on any atom is 0.318 e. The second kappa shape index (κ2) is 8.47. The summed E-state index contributed by atoms with van der Waals surface area (Å²) in [6.07, 6.45) is 1.45. The van der Waals surface area contributed by atoms with Gasteiger partial charge in [0.15, 0.2) is 0 Å². The Morgan fingerprint density at radius 1 is 0.962 bits per heavy atom. The van der Waals surface area contributed by atoms with Crippen LogP contribution in [0.15, 0.2) is 54.6 Å². The van der Waals surface area contributed by atoms with Crippen LogP contribution < -0.4 is 10.6 Å². The van der Waals surface area contributed by atoms with Crippen molar-refractivity contribution < 1.29 is 14.0 Å². The Balaban J connectivity index is 1.52. The van der Waals surface area contributed by atoms with Gasteiger partial charge >= 0.3 is 6.03 Å². The first-order chi connectivity index (χ1) is 12.6. The summed E-state index contributed by atoms with van der Waals surface area (Å²) in [5, 5.41) is 5.71. The van der Waals surface area contributed by atoms with Gasteiger partial charge in [-0.05, 0) is 36.1 Å². The summed E-state index contributed by atoms with van der Waals surface area (Å²) < 4.78 is 12.9. The van der Waals surface area contributed by atoms with E-state index in [0.29, 0.717) is 26.1 Å². The van der Waals surface area contributed by atoms with Crippen LogP contribution >= 0.6 is 0 Å². The number of amides is 3. The molecule has 0 unspecified atom stereocenters. The van der Waals surface area contributed by atoms with Gasteiger partial charge in [0.25, 0.3) is 0 Å². The lowest BCUT2D eigenvalue weighted by molar-refractivity contribution is -0.124. The monoisotopic (exact) mass is 355 g/mol. The summed E-state index contributed by atoms with van der Waals surface area (Å²) in [6.45, 7) is 1.31. The van der Waals surface area contributed by atoms with Gasteiger partial charge in [-0.2, -0.15) is 0 Å². The Kier molecular flexibility index (Phi) is 5.84. The molecule has 1 aliphatic rings. The number of nitrogens with one attached hydrogen (secondary N) is 2. The Hall–Kier alpha value is -2.89. The third kappa shape index (κ3) is 4.59. The summed E-state index contributed by atoms with van der Waals surface area (Å²) in [5.41, 5.74) is 1.83. The van der Waals surface area contributed by atoms with Crippen molar-refractivity contribution in [3.05, 3.63) is 71.5 Å². The summed E-state index contributed by atoms with van der Waals surface area (Å²) in [5.74, 6) is -0.487. The largest absolute Gasteiger partial charge is 0.350 e. The molecule has 1 heterocycles. The number of hydrogen-bond donors (Lipinski definition) is 2. The molecule has 2 aromatic carbocycles. The zero-order valence-corrected chi connectivity index (χ0v) is 14.5. The molecule has 136 valence electrons. The quantitative estimate of drug-likeness (QED) is 0.866. The van der Waals surface area contributed by atoms with Crippen LogP contribution in [0.4, 0.5) is 9.18 Å². The molecule has 26 heavy (non-hydrogen) atoms. The van der Waals surface area contributed by atoms with Crippen molar-refractivity contribution in [3.63, 3.8) is 0 Å². The number of benzene rings is 2. The summed E-state index contributed by atoms with van der Waals surface area (Å²) in [6, 6.07) is 14.9. The predicted octanol–water partition coefficient (Wildman–Crippen LogP) is 2.82. The molecule has 2 N–H and O–H groups in total. The van der Waals surface area contributed by atoms with Crippen LogP contribution in [-0.2, 0) is 17.9 Å². The third-order valence-electron chi connectivity index (χ3n) is 4.48. The average Bonchev–Trinajstić information content (AvgIpc) is 3.16. The van der Waals surface area contributed by atoms with Crippen molar-refractivity contribution in [2.75, 3.05) is 6.54 Å². The van der Waals surface area contributed by atoms with E-state index in [2.05, 4.69) is 10.6 Å². The van der Waals surface area contributed by atoms with Crippen LogP contribution in [0.5, 0.6) is 0 Å². The highest BCUT2D eigenvalue weighted by Gasteiger charge is 2.33. The molecule has 0 saturated carbocycles. The maximum atomic E-state index is 12.9. The van der Waals surface area contributed by atoms with Crippen molar-refractivity contribution in [1.82, 2.24) is 15.5 Å². The lowest BCUT2D eigenvalue weighted by Crippen LogP contribution is -2.49. The fraction of sp³-hybridized carbons (Fsp3) is 0.300. The van der Waals surface area contributed by atoms with E-state index in [1.54, 1.807) is 17.0 Å². The van der Waals surface area contributed by atoms with Crippen molar-refractivity contribution in [2.24, 2.45) is 0 Å². The van der Waals surface area contributed by atoms with Gasteiger partial charge in [-0.25, -0.2) is 9.18 Å². The smallest absolute Gasteiger partial charge is 0.318 e. The Bertz CT molecular complexity index is 749. The minimum atomic E-state index is -0.466. The topological polar surface area (TPSA) is 61.4 Å². The first-order valence-corrected chi connectivity index (χ1v) is 8.74. The van der Waals surface area contributed by atoms with Crippen molar-refractivity contribution in [2.45, 2.75) is 32.0 Å². The normalized spacial score (nSPS) is 16.3. The third-order valence-corrected chi connectivity index (χ3v) is 4.48. The van der Waals surface area contributed by atoms with Crippen LogP contribution in [-0.4, -0.2) is 29.4 Å². The fourth-order valence-corrected chi connectivity index (χ4v) is 3.07. The number of rotatable bonds is 5. The molecule has 1 aliphatic heterocycles. The zero-order chi connectivity index (χ0) is 18.4. The number of likely N-dealkylation sites (tertiary alicyclic amines) is 1. The number of nitrogens with zero attached hydrogens (tertiary/aromatic N) is 1. The van der Waals surface area contributed by atoms with Gasteiger partial charge < -0.3 is 15.5 Å². The van der Waals surface area contributed by atoms with Crippen LogP contribution in [0.1, 0.15) is 24.0 Å². The van der Waals surface area contributed by atoms with E-state index in [-0.39, 0.29) is 17.8 Å². The lowest BCUT2D eigenvalue weighted by atomic mass is 10.2. The van der Waals surface area contributed by atoms with E-state index in [4.69, 9.17) is 0 Å². The van der Waals surface area contributed by atoms with E-state index in [1.807, 2.05) is 30.3 Å². The summed E-state index contributed by atoms with van der Waals surface area (Å²) >= 11 is 0. The summed E-state index contributed by atoms with van der Waals surface area (Å²) in [7, 11) is 0. The maximum absolute atomic E-state index is 12.9. The van der Waals surface area contributed by atoms with E-state index in [9.17, 15) is 14.0 Å². The minimum absolute atomic E-state index is 0.179. The standard InChI is InChI=1S/C20H22FN3O2/c21-17-10-8-16(9-11-17)13-22-19(25)18-7-4-12-24(18)20(26)23-14-15-5-2-1-3-6-15/h1-3,5-6,8-11,18H,4,7,12-14H2,(H,22,25)(H,23,26)/t18-/m1/s1. The number of halogens is 1. The number of carbonyl (C=O) groups excluding carboxylic acids is 2. The average molecular weight is 355 g/mol. The molecular weight excluding hydrogens is 333 g/mol. The van der Waals surface area contributed by atoms with E-state index in [0.717, 1.165) is 17.5 Å². The second-order valence-corrected chi connectivity index (χ2v) is 6.34. The Labute approximate surface area is 152 Å². The molecule has 0 aromatic heterocycles. The number of carbonyl (C=O) groups is 2. The van der Waals surface area contributed by atoms with Crippen molar-refractivity contribution >= 4 is 11.9 Å². The molecular formula is C20H22FN3O2. The highest BCUT2D eigenvalue weighted by atomic mass is 19.1. The van der Waals surface area contributed by atoms with Crippen molar-refractivity contribution in [1.29, 1.82) is 0 Å². The van der Waals surface area contributed by atoms with Crippen LogP contribution in [0.25, 0.3) is 0 Å². The van der Waals surface area contributed by atoms with Gasteiger partial charge in [0.1, 0.15) is 11.9 Å². The van der Waals surface area contributed by atoms with Gasteiger partial charge in [0, 0.05) is 19.6 Å².